The summed E-state index contributed by atoms with van der Waals surface area (Å²) in [4.78, 5) is 25.0. The summed E-state index contributed by atoms with van der Waals surface area (Å²) in [5.74, 6) is -0.240. The molecule has 11 heteroatoms. The second-order valence-corrected chi connectivity index (χ2v) is 18.2. The zero-order valence-corrected chi connectivity index (χ0v) is 41.2. The third-order valence-electron chi connectivity index (χ3n) is 12.2. The van der Waals surface area contributed by atoms with Gasteiger partial charge in [-0.15, -0.1) is 0 Å². The highest BCUT2D eigenvalue weighted by atomic mass is 16.7. The predicted molar refractivity (Wildman–Crippen MR) is 264 cm³/mol. The van der Waals surface area contributed by atoms with Crippen molar-refractivity contribution in [2.75, 3.05) is 19.8 Å². The number of aliphatic hydroxyl groups excluding tert-OH is 5. The van der Waals surface area contributed by atoms with Crippen molar-refractivity contribution in [3.05, 3.63) is 48.6 Å². The van der Waals surface area contributed by atoms with Crippen molar-refractivity contribution in [1.29, 1.82) is 0 Å². The number of ether oxygens (including phenoxy) is 3. The third kappa shape index (κ3) is 34.6. The molecule has 6 N–H and O–H groups in total. The molecule has 11 nitrogen and oxygen atoms in total. The van der Waals surface area contributed by atoms with Crippen molar-refractivity contribution in [2.45, 2.75) is 262 Å². The van der Waals surface area contributed by atoms with Crippen LogP contribution < -0.4 is 5.32 Å². The van der Waals surface area contributed by atoms with Crippen LogP contribution in [0.1, 0.15) is 219 Å². The van der Waals surface area contributed by atoms with Gasteiger partial charge in [-0.05, 0) is 77.6 Å². The van der Waals surface area contributed by atoms with Crippen LogP contribution in [-0.2, 0) is 23.8 Å². The molecule has 1 heterocycles. The highest BCUT2D eigenvalue weighted by Gasteiger charge is 2.44. The van der Waals surface area contributed by atoms with Crippen LogP contribution in [0.3, 0.4) is 0 Å². The van der Waals surface area contributed by atoms with Gasteiger partial charge >= 0.3 is 5.97 Å². The van der Waals surface area contributed by atoms with Gasteiger partial charge in [-0.1, -0.05) is 178 Å². The second kappa shape index (κ2) is 44.1. The maximum Gasteiger partial charge on any atom is 0.305 e. The van der Waals surface area contributed by atoms with E-state index >= 15 is 0 Å². The van der Waals surface area contributed by atoms with E-state index in [2.05, 4.69) is 42.6 Å². The van der Waals surface area contributed by atoms with Crippen molar-refractivity contribution in [1.82, 2.24) is 5.32 Å². The molecule has 1 aliphatic rings. The first-order valence-electron chi connectivity index (χ1n) is 26.4. The van der Waals surface area contributed by atoms with Gasteiger partial charge in [0.15, 0.2) is 6.29 Å². The number of rotatable bonds is 44. The van der Waals surface area contributed by atoms with E-state index in [1.165, 1.54) is 96.3 Å². The maximum absolute atomic E-state index is 12.9. The van der Waals surface area contributed by atoms with Crippen LogP contribution in [0.25, 0.3) is 0 Å². The maximum atomic E-state index is 12.9. The molecule has 0 aromatic carbocycles. The normalized spacial score (nSPS) is 20.1. The van der Waals surface area contributed by atoms with E-state index in [0.717, 1.165) is 89.9 Å². The topological polar surface area (TPSA) is 175 Å². The largest absolute Gasteiger partial charge is 0.466 e. The Labute approximate surface area is 396 Å². The van der Waals surface area contributed by atoms with E-state index in [1.54, 1.807) is 6.08 Å². The Morgan fingerprint density at radius 3 is 1.62 bits per heavy atom. The molecule has 0 aromatic rings. The fourth-order valence-electron chi connectivity index (χ4n) is 8.00. The number of unbranched alkanes of at least 4 members (excludes halogenated alkanes) is 25. The van der Waals surface area contributed by atoms with Gasteiger partial charge in [-0.3, -0.25) is 9.59 Å². The molecule has 0 saturated carbocycles. The van der Waals surface area contributed by atoms with Crippen LogP contribution in [0.15, 0.2) is 48.6 Å². The number of carbonyl (C=O) groups is 2. The van der Waals surface area contributed by atoms with Crippen LogP contribution in [0.5, 0.6) is 0 Å². The summed E-state index contributed by atoms with van der Waals surface area (Å²) < 4.78 is 16.6. The Morgan fingerprint density at radius 2 is 1.06 bits per heavy atom. The number of amides is 1. The molecule has 378 valence electrons. The van der Waals surface area contributed by atoms with Crippen molar-refractivity contribution < 1.29 is 49.3 Å². The van der Waals surface area contributed by atoms with E-state index in [9.17, 15) is 35.1 Å². The summed E-state index contributed by atoms with van der Waals surface area (Å²) in [5.41, 5.74) is 0. The zero-order valence-electron chi connectivity index (χ0n) is 41.2. The Bertz CT molecular complexity index is 1220. The summed E-state index contributed by atoms with van der Waals surface area (Å²) in [6.07, 6.45) is 43.6. The van der Waals surface area contributed by atoms with Gasteiger partial charge in [0, 0.05) is 12.8 Å². The first-order valence-corrected chi connectivity index (χ1v) is 26.4. The van der Waals surface area contributed by atoms with Gasteiger partial charge < -0.3 is 45.1 Å². The lowest BCUT2D eigenvalue weighted by molar-refractivity contribution is -0.302. The minimum absolute atomic E-state index is 0.0226. The first kappa shape index (κ1) is 60.6. The van der Waals surface area contributed by atoms with Crippen LogP contribution in [0.4, 0.5) is 0 Å². The highest BCUT2D eigenvalue weighted by molar-refractivity contribution is 5.76. The summed E-state index contributed by atoms with van der Waals surface area (Å²) in [6.45, 7) is 4.03. The van der Waals surface area contributed by atoms with E-state index < -0.39 is 49.5 Å². The summed E-state index contributed by atoms with van der Waals surface area (Å²) in [6, 6.07) is -0.845. The molecule has 0 radical (unpaired) electrons. The van der Waals surface area contributed by atoms with Crippen molar-refractivity contribution >= 4 is 11.9 Å². The number of carbonyl (C=O) groups excluding carboxylic acids is 2. The van der Waals surface area contributed by atoms with E-state index in [1.807, 2.05) is 19.1 Å². The second-order valence-electron chi connectivity index (χ2n) is 18.2. The lowest BCUT2D eigenvalue weighted by atomic mass is 9.99. The SMILES string of the molecule is C/C=C/CC/C=C/CC/C=C/C(O)C(COC1OC(CO)C(O)C(O)C1O)NC(=O)CCCCCCC/C=C\CCCCCCCCCOC(=O)CCCCCCCCCCCCCC. The molecule has 7 atom stereocenters. The van der Waals surface area contributed by atoms with E-state index in [-0.39, 0.29) is 18.5 Å². The number of allylic oxidation sites excluding steroid dienone is 7. The lowest BCUT2D eigenvalue weighted by Crippen LogP contribution is -2.60. The van der Waals surface area contributed by atoms with Crippen molar-refractivity contribution in [2.24, 2.45) is 0 Å². The minimum atomic E-state index is -1.58. The van der Waals surface area contributed by atoms with Crippen LogP contribution in [0, 0.1) is 0 Å². The number of esters is 1. The Kier molecular flexibility index (Phi) is 41.2. The molecule has 0 spiro atoms. The predicted octanol–water partition coefficient (Wildman–Crippen LogP) is 10.9. The van der Waals surface area contributed by atoms with Crippen molar-refractivity contribution in [3.8, 4) is 0 Å². The summed E-state index contributed by atoms with van der Waals surface area (Å²) in [5, 5.41) is 54.0. The molecule has 0 aromatic heterocycles. The molecule has 1 rings (SSSR count). The Balaban J connectivity index is 2.12. The highest BCUT2D eigenvalue weighted by Crippen LogP contribution is 2.23. The zero-order chi connectivity index (χ0) is 47.4. The average molecular weight is 920 g/mol. The molecule has 1 fully saturated rings. The van der Waals surface area contributed by atoms with Gasteiger partial charge in [-0.25, -0.2) is 0 Å². The summed E-state index contributed by atoms with van der Waals surface area (Å²) >= 11 is 0. The van der Waals surface area contributed by atoms with Gasteiger partial charge in [0.25, 0.3) is 0 Å². The molecule has 0 bridgehead atoms. The Hall–Kier alpha value is -2.38. The lowest BCUT2D eigenvalue weighted by Gasteiger charge is -2.40. The number of hydrogen-bond donors (Lipinski definition) is 6. The van der Waals surface area contributed by atoms with Gasteiger partial charge in [0.2, 0.25) is 5.91 Å². The molecular weight excluding hydrogens is 823 g/mol. The number of nitrogens with one attached hydrogen (secondary N) is 1. The van der Waals surface area contributed by atoms with Crippen LogP contribution in [-0.4, -0.2) is 100 Å². The smallest absolute Gasteiger partial charge is 0.305 e. The molecule has 1 saturated heterocycles. The van der Waals surface area contributed by atoms with Crippen molar-refractivity contribution in [3.63, 3.8) is 0 Å². The van der Waals surface area contributed by atoms with Gasteiger partial charge in [0.05, 0.1) is 32.0 Å². The molecule has 65 heavy (non-hydrogen) atoms. The third-order valence-corrected chi connectivity index (χ3v) is 12.2. The first-order chi connectivity index (χ1) is 31.7. The van der Waals surface area contributed by atoms with E-state index in [0.29, 0.717) is 25.9 Å². The van der Waals surface area contributed by atoms with E-state index in [4.69, 9.17) is 14.2 Å². The van der Waals surface area contributed by atoms with Gasteiger partial charge in [0.1, 0.15) is 24.4 Å². The standard InChI is InChI=1S/C54H97NO10/c1-3-5-7-9-11-13-14-22-26-30-34-38-42-50(59)63-43-39-35-31-27-23-20-18-16-15-17-19-21-25-29-33-37-41-49(58)55-46(47(57)40-36-32-28-24-12-10-8-6-4-2)45-64-54-53(62)52(61)51(60)48(44-56)65-54/h4,6,12,15,17,24,36,40,46-48,51-54,56-57,60-62H,3,5,7-11,13-14,16,18-23,25-35,37-39,41-45H2,1-2H3,(H,55,58)/b6-4+,17-15-,24-12+,40-36+. The monoisotopic (exact) mass is 920 g/mol. The van der Waals surface area contributed by atoms with Crippen LogP contribution >= 0.6 is 0 Å². The quantitative estimate of drug-likeness (QED) is 0.0196. The molecule has 7 unspecified atom stereocenters. The number of aliphatic hydroxyl groups is 5. The molecular formula is C54H97NO10. The molecule has 1 aliphatic heterocycles. The average Bonchev–Trinajstić information content (AvgIpc) is 3.30. The fraction of sp³-hybridized carbons (Fsp3) is 0.815. The fourth-order valence-corrected chi connectivity index (χ4v) is 8.00. The minimum Gasteiger partial charge on any atom is -0.466 e. The Morgan fingerprint density at radius 1 is 0.585 bits per heavy atom. The number of hydrogen-bond acceptors (Lipinski definition) is 10. The molecule has 0 aliphatic carbocycles. The summed E-state index contributed by atoms with van der Waals surface area (Å²) in [7, 11) is 0. The molecule has 1 amide bonds. The van der Waals surface area contributed by atoms with Crippen LogP contribution in [0.2, 0.25) is 0 Å². The van der Waals surface area contributed by atoms with Gasteiger partial charge in [-0.2, -0.15) is 0 Å².